The number of hydrogen-bond donors (Lipinski definition) is 2. The lowest BCUT2D eigenvalue weighted by atomic mass is 10.0. The Balaban J connectivity index is 0.00000400. The van der Waals surface area contributed by atoms with E-state index in [-0.39, 0.29) is 30.3 Å². The molecule has 0 aliphatic heterocycles. The summed E-state index contributed by atoms with van der Waals surface area (Å²) >= 11 is 6.09. The van der Waals surface area contributed by atoms with Gasteiger partial charge in [-0.25, -0.2) is 0 Å². The van der Waals surface area contributed by atoms with Gasteiger partial charge in [-0.2, -0.15) is 0 Å². The normalized spacial score (nSPS) is 13.0. The van der Waals surface area contributed by atoms with Crippen molar-refractivity contribution in [2.75, 3.05) is 25.6 Å². The van der Waals surface area contributed by atoms with Crippen LogP contribution in [-0.2, 0) is 9.53 Å². The number of carbonyl (C=O) groups is 1. The van der Waals surface area contributed by atoms with Crippen LogP contribution in [0.2, 0.25) is 5.02 Å². The molecule has 0 spiro atoms. The summed E-state index contributed by atoms with van der Waals surface area (Å²) in [5.41, 5.74) is 6.26. The number of methoxy groups -OCH3 is 1. The van der Waals surface area contributed by atoms with Crippen molar-refractivity contribution < 1.29 is 14.3 Å². The topological polar surface area (TPSA) is 73.6 Å². The maximum Gasteiger partial charge on any atom is 0.228 e. The lowest BCUT2D eigenvalue weighted by molar-refractivity contribution is -0.119. The molecule has 2 unspecified atom stereocenters. The maximum atomic E-state index is 12.0. The molecular formula is C14H22Cl2N2O3. The van der Waals surface area contributed by atoms with Crippen LogP contribution in [0.5, 0.6) is 5.75 Å². The van der Waals surface area contributed by atoms with E-state index in [9.17, 15) is 4.79 Å². The monoisotopic (exact) mass is 336 g/mol. The zero-order valence-corrected chi connectivity index (χ0v) is 14.0. The quantitative estimate of drug-likeness (QED) is 0.751. The summed E-state index contributed by atoms with van der Waals surface area (Å²) in [4.78, 5) is 12.0. The van der Waals surface area contributed by atoms with Crippen LogP contribution in [0.25, 0.3) is 0 Å². The molecule has 0 saturated heterocycles. The highest BCUT2D eigenvalue weighted by atomic mass is 35.5. The lowest BCUT2D eigenvalue weighted by Gasteiger charge is -2.18. The van der Waals surface area contributed by atoms with Crippen LogP contribution in [0.15, 0.2) is 18.2 Å². The SMILES string of the molecule is COCCOc1c(Cl)cccc1NC(=O)C(C)C(C)N.Cl. The number of amides is 1. The number of rotatable bonds is 7. The van der Waals surface area contributed by atoms with Gasteiger partial charge in [0, 0.05) is 13.2 Å². The first kappa shape index (κ1) is 20.0. The van der Waals surface area contributed by atoms with Gasteiger partial charge in [-0.1, -0.05) is 24.6 Å². The van der Waals surface area contributed by atoms with E-state index in [1.54, 1.807) is 39.2 Å². The van der Waals surface area contributed by atoms with Crippen molar-refractivity contribution in [3.05, 3.63) is 23.2 Å². The van der Waals surface area contributed by atoms with Gasteiger partial charge in [0.2, 0.25) is 5.91 Å². The van der Waals surface area contributed by atoms with Crippen LogP contribution < -0.4 is 15.8 Å². The summed E-state index contributed by atoms with van der Waals surface area (Å²) < 4.78 is 10.5. The second-order valence-corrected chi connectivity index (χ2v) is 5.00. The Bertz CT molecular complexity index is 456. The molecule has 0 heterocycles. The molecule has 5 nitrogen and oxygen atoms in total. The third kappa shape index (κ3) is 6.09. The van der Waals surface area contributed by atoms with Crippen LogP contribution in [0.3, 0.4) is 0 Å². The minimum atomic E-state index is -0.305. The molecule has 1 aromatic carbocycles. The van der Waals surface area contributed by atoms with Crippen LogP contribution >= 0.6 is 24.0 Å². The number of anilines is 1. The van der Waals surface area contributed by atoms with Crippen molar-refractivity contribution in [1.82, 2.24) is 0 Å². The average molecular weight is 337 g/mol. The fraction of sp³-hybridized carbons (Fsp3) is 0.500. The molecule has 7 heteroatoms. The van der Waals surface area contributed by atoms with Crippen molar-refractivity contribution in [3.63, 3.8) is 0 Å². The molecule has 0 aromatic heterocycles. The average Bonchev–Trinajstić information content (AvgIpc) is 2.40. The number of hydrogen-bond acceptors (Lipinski definition) is 4. The summed E-state index contributed by atoms with van der Waals surface area (Å²) in [5, 5.41) is 3.23. The molecule has 3 N–H and O–H groups in total. The molecule has 2 atom stereocenters. The minimum absolute atomic E-state index is 0. The first-order chi connectivity index (χ1) is 9.47. The molecular weight excluding hydrogens is 315 g/mol. The third-order valence-electron chi connectivity index (χ3n) is 2.96. The Kier molecular flexibility index (Phi) is 9.37. The molecule has 0 radical (unpaired) electrons. The van der Waals surface area contributed by atoms with Gasteiger partial charge in [0.05, 0.1) is 23.2 Å². The smallest absolute Gasteiger partial charge is 0.228 e. The number of para-hydroxylation sites is 1. The highest BCUT2D eigenvalue weighted by Crippen LogP contribution is 2.33. The summed E-state index contributed by atoms with van der Waals surface area (Å²) in [5.74, 6) is -0.0314. The van der Waals surface area contributed by atoms with Gasteiger partial charge in [0.1, 0.15) is 6.61 Å². The molecule has 0 aliphatic rings. The largest absolute Gasteiger partial charge is 0.487 e. The fourth-order valence-electron chi connectivity index (χ4n) is 1.47. The lowest BCUT2D eigenvalue weighted by Crippen LogP contribution is -2.34. The molecule has 1 aromatic rings. The Morgan fingerprint density at radius 1 is 1.38 bits per heavy atom. The van der Waals surface area contributed by atoms with Gasteiger partial charge in [0.25, 0.3) is 0 Å². The second-order valence-electron chi connectivity index (χ2n) is 4.59. The van der Waals surface area contributed by atoms with Gasteiger partial charge < -0.3 is 20.5 Å². The third-order valence-corrected chi connectivity index (χ3v) is 3.26. The Morgan fingerprint density at radius 2 is 2.05 bits per heavy atom. The molecule has 0 aliphatic carbocycles. The number of benzene rings is 1. The van der Waals surface area contributed by atoms with E-state index in [4.69, 9.17) is 26.8 Å². The van der Waals surface area contributed by atoms with Gasteiger partial charge in [-0.15, -0.1) is 12.4 Å². The Labute approximate surface area is 136 Å². The van der Waals surface area contributed by atoms with Crippen molar-refractivity contribution >= 4 is 35.6 Å². The van der Waals surface area contributed by atoms with E-state index in [1.807, 2.05) is 0 Å². The van der Waals surface area contributed by atoms with Crippen LogP contribution in [0.4, 0.5) is 5.69 Å². The van der Waals surface area contributed by atoms with E-state index in [1.165, 1.54) is 0 Å². The summed E-state index contributed by atoms with van der Waals surface area (Å²) in [7, 11) is 1.59. The molecule has 120 valence electrons. The van der Waals surface area contributed by atoms with E-state index in [0.717, 1.165) is 0 Å². The standard InChI is InChI=1S/C14H21ClN2O3.ClH/c1-9(10(2)16)14(18)17-12-6-4-5-11(15)13(12)20-8-7-19-3;/h4-6,9-10H,7-8,16H2,1-3H3,(H,17,18);1H. The van der Waals surface area contributed by atoms with Gasteiger partial charge in [-0.3, -0.25) is 4.79 Å². The highest BCUT2D eigenvalue weighted by Gasteiger charge is 2.19. The highest BCUT2D eigenvalue weighted by molar-refractivity contribution is 6.32. The molecule has 1 rings (SSSR count). The van der Waals surface area contributed by atoms with Crippen LogP contribution in [0.1, 0.15) is 13.8 Å². The summed E-state index contributed by atoms with van der Waals surface area (Å²) in [6.45, 7) is 4.36. The van der Waals surface area contributed by atoms with E-state index in [0.29, 0.717) is 29.7 Å². The fourth-order valence-corrected chi connectivity index (χ4v) is 1.70. The molecule has 0 fully saturated rings. The van der Waals surface area contributed by atoms with Gasteiger partial charge >= 0.3 is 0 Å². The molecule has 0 bridgehead atoms. The van der Waals surface area contributed by atoms with Crippen molar-refractivity contribution in [3.8, 4) is 5.75 Å². The minimum Gasteiger partial charge on any atom is -0.487 e. The van der Waals surface area contributed by atoms with Crippen LogP contribution in [0, 0.1) is 5.92 Å². The first-order valence-corrected chi connectivity index (χ1v) is 6.81. The molecule has 21 heavy (non-hydrogen) atoms. The zero-order valence-electron chi connectivity index (χ0n) is 12.4. The van der Waals surface area contributed by atoms with Gasteiger partial charge in [-0.05, 0) is 19.1 Å². The maximum absolute atomic E-state index is 12.0. The van der Waals surface area contributed by atoms with Gasteiger partial charge in [0.15, 0.2) is 5.75 Å². The van der Waals surface area contributed by atoms with Crippen molar-refractivity contribution in [2.24, 2.45) is 11.7 Å². The predicted molar refractivity (Wildman–Crippen MR) is 87.5 cm³/mol. The Hall–Kier alpha value is -1.01. The van der Waals surface area contributed by atoms with Crippen LogP contribution in [-0.4, -0.2) is 32.3 Å². The Morgan fingerprint density at radius 3 is 2.62 bits per heavy atom. The number of ether oxygens (including phenoxy) is 2. The number of nitrogens with two attached hydrogens (primary N) is 1. The number of nitrogens with one attached hydrogen (secondary N) is 1. The van der Waals surface area contributed by atoms with Crippen molar-refractivity contribution in [2.45, 2.75) is 19.9 Å². The zero-order chi connectivity index (χ0) is 15.1. The number of carbonyl (C=O) groups excluding carboxylic acids is 1. The molecule has 0 saturated carbocycles. The van der Waals surface area contributed by atoms with E-state index >= 15 is 0 Å². The van der Waals surface area contributed by atoms with E-state index < -0.39 is 0 Å². The summed E-state index contributed by atoms with van der Waals surface area (Å²) in [6.07, 6.45) is 0. The summed E-state index contributed by atoms with van der Waals surface area (Å²) in [6, 6.07) is 4.96. The second kappa shape index (κ2) is 9.84. The number of halogens is 2. The predicted octanol–water partition coefficient (Wildman–Crippen LogP) is 2.71. The van der Waals surface area contributed by atoms with E-state index in [2.05, 4.69) is 5.32 Å². The van der Waals surface area contributed by atoms with Crippen molar-refractivity contribution in [1.29, 1.82) is 0 Å². The molecule has 1 amide bonds. The first-order valence-electron chi connectivity index (χ1n) is 6.44.